The predicted molar refractivity (Wildman–Crippen MR) is 92.4 cm³/mol. The highest BCUT2D eigenvalue weighted by Crippen LogP contribution is 2.15. The Balaban J connectivity index is 2.02. The minimum Gasteiger partial charge on any atom is -0.389 e. The molecule has 0 aliphatic heterocycles. The van der Waals surface area contributed by atoms with Gasteiger partial charge in [0.1, 0.15) is 4.99 Å². The van der Waals surface area contributed by atoms with Crippen LogP contribution < -0.4 is 11.1 Å². The number of halogens is 1. The molecule has 0 radical (unpaired) electrons. The van der Waals surface area contributed by atoms with Crippen molar-refractivity contribution in [2.24, 2.45) is 5.73 Å². The fourth-order valence-electron chi connectivity index (χ4n) is 1.94. The summed E-state index contributed by atoms with van der Waals surface area (Å²) in [5.41, 5.74) is 9.04. The highest BCUT2D eigenvalue weighted by atomic mass is 79.9. The first kappa shape index (κ1) is 15.7. The molecule has 2 aromatic rings. The average Bonchev–Trinajstić information content (AvgIpc) is 2.44. The van der Waals surface area contributed by atoms with E-state index in [1.54, 1.807) is 6.07 Å². The Bertz CT molecular complexity index is 663. The first-order valence-electron chi connectivity index (χ1n) is 6.40. The maximum atomic E-state index is 12.1. The van der Waals surface area contributed by atoms with Crippen LogP contribution in [-0.4, -0.2) is 10.9 Å². The molecule has 0 saturated carbocycles. The van der Waals surface area contributed by atoms with Crippen molar-refractivity contribution in [1.82, 2.24) is 5.32 Å². The van der Waals surface area contributed by atoms with Gasteiger partial charge in [-0.2, -0.15) is 0 Å². The van der Waals surface area contributed by atoms with Crippen LogP contribution in [0.3, 0.4) is 0 Å². The Morgan fingerprint density at radius 1 is 1.19 bits per heavy atom. The van der Waals surface area contributed by atoms with Crippen molar-refractivity contribution in [1.29, 1.82) is 0 Å². The van der Waals surface area contributed by atoms with Crippen LogP contribution in [0, 0.1) is 6.92 Å². The number of benzene rings is 2. The van der Waals surface area contributed by atoms with Crippen LogP contribution in [0.2, 0.25) is 0 Å². The molecule has 2 aromatic carbocycles. The van der Waals surface area contributed by atoms with E-state index in [1.165, 1.54) is 0 Å². The summed E-state index contributed by atoms with van der Waals surface area (Å²) in [6.07, 6.45) is 0. The molecule has 0 fully saturated rings. The number of thiocarbonyl (C=S) groups is 1. The van der Waals surface area contributed by atoms with E-state index in [1.807, 2.05) is 43.3 Å². The lowest BCUT2D eigenvalue weighted by Crippen LogP contribution is -2.23. The summed E-state index contributed by atoms with van der Waals surface area (Å²) in [6.45, 7) is 2.41. The van der Waals surface area contributed by atoms with Gasteiger partial charge in [-0.25, -0.2) is 0 Å². The largest absolute Gasteiger partial charge is 0.389 e. The lowest BCUT2D eigenvalue weighted by Gasteiger charge is -2.07. The molecule has 0 spiro atoms. The van der Waals surface area contributed by atoms with Crippen molar-refractivity contribution in [3.8, 4) is 0 Å². The third-order valence-electron chi connectivity index (χ3n) is 3.00. The van der Waals surface area contributed by atoms with E-state index >= 15 is 0 Å². The van der Waals surface area contributed by atoms with Gasteiger partial charge in [-0.1, -0.05) is 52.4 Å². The van der Waals surface area contributed by atoms with Crippen molar-refractivity contribution in [2.75, 3.05) is 0 Å². The van der Waals surface area contributed by atoms with Crippen LogP contribution in [0.4, 0.5) is 0 Å². The van der Waals surface area contributed by atoms with Crippen LogP contribution in [-0.2, 0) is 6.54 Å². The minimum absolute atomic E-state index is 0.0992. The molecule has 21 heavy (non-hydrogen) atoms. The standard InChI is InChI=1S/C16H15BrN2OS/c1-10-6-13(8-14(17)7-10)16(20)19-9-11-2-4-12(5-3-11)15(18)21/h2-8H,9H2,1H3,(H2,18,21)(H,19,20). The van der Waals surface area contributed by atoms with E-state index in [4.69, 9.17) is 18.0 Å². The molecule has 0 unspecified atom stereocenters. The number of amides is 1. The number of hydrogen-bond donors (Lipinski definition) is 2. The molecule has 2 rings (SSSR count). The lowest BCUT2D eigenvalue weighted by atomic mass is 10.1. The van der Waals surface area contributed by atoms with Crippen LogP contribution in [0.5, 0.6) is 0 Å². The number of nitrogens with one attached hydrogen (secondary N) is 1. The van der Waals surface area contributed by atoms with Gasteiger partial charge < -0.3 is 11.1 Å². The second kappa shape index (κ2) is 6.83. The van der Waals surface area contributed by atoms with Gasteiger partial charge in [0.05, 0.1) is 0 Å². The van der Waals surface area contributed by atoms with Crippen molar-refractivity contribution in [3.05, 3.63) is 69.2 Å². The number of rotatable bonds is 4. The molecule has 0 aromatic heterocycles. The lowest BCUT2D eigenvalue weighted by molar-refractivity contribution is 0.0951. The van der Waals surface area contributed by atoms with Crippen LogP contribution in [0.1, 0.15) is 27.0 Å². The van der Waals surface area contributed by atoms with Gasteiger partial charge >= 0.3 is 0 Å². The summed E-state index contributed by atoms with van der Waals surface area (Å²) in [5.74, 6) is -0.0992. The molecule has 0 heterocycles. The van der Waals surface area contributed by atoms with Crippen LogP contribution >= 0.6 is 28.1 Å². The van der Waals surface area contributed by atoms with Gasteiger partial charge in [0.2, 0.25) is 0 Å². The highest BCUT2D eigenvalue weighted by Gasteiger charge is 2.07. The zero-order chi connectivity index (χ0) is 15.4. The van der Waals surface area contributed by atoms with Gasteiger partial charge in [-0.05, 0) is 36.2 Å². The Kier molecular flexibility index (Phi) is 5.09. The van der Waals surface area contributed by atoms with E-state index in [0.717, 1.165) is 21.2 Å². The van der Waals surface area contributed by atoms with E-state index in [9.17, 15) is 4.79 Å². The molecule has 1 amide bonds. The second-order valence-corrected chi connectivity index (χ2v) is 6.12. The molecule has 0 aliphatic carbocycles. The Morgan fingerprint density at radius 3 is 2.43 bits per heavy atom. The van der Waals surface area contributed by atoms with Crippen LogP contribution in [0.15, 0.2) is 46.9 Å². The highest BCUT2D eigenvalue weighted by molar-refractivity contribution is 9.10. The quantitative estimate of drug-likeness (QED) is 0.820. The van der Waals surface area contributed by atoms with Crippen molar-refractivity contribution < 1.29 is 4.79 Å². The van der Waals surface area contributed by atoms with E-state index < -0.39 is 0 Å². The normalized spacial score (nSPS) is 10.2. The summed E-state index contributed by atoms with van der Waals surface area (Å²) >= 11 is 8.30. The third kappa shape index (κ3) is 4.37. The Labute approximate surface area is 137 Å². The molecule has 0 aliphatic rings. The molecule has 3 N–H and O–H groups in total. The Morgan fingerprint density at radius 2 is 1.86 bits per heavy atom. The number of carbonyl (C=O) groups excluding carboxylic acids is 1. The molecule has 0 bridgehead atoms. The smallest absolute Gasteiger partial charge is 0.251 e. The monoisotopic (exact) mass is 362 g/mol. The van der Waals surface area contributed by atoms with Crippen molar-refractivity contribution in [3.63, 3.8) is 0 Å². The van der Waals surface area contributed by atoms with Crippen molar-refractivity contribution >= 4 is 39.0 Å². The number of nitrogens with two attached hydrogens (primary N) is 1. The van der Waals surface area contributed by atoms with Gasteiger partial charge in [-0.3, -0.25) is 4.79 Å². The fraction of sp³-hybridized carbons (Fsp3) is 0.125. The first-order valence-corrected chi connectivity index (χ1v) is 7.60. The first-order chi connectivity index (χ1) is 9.95. The maximum absolute atomic E-state index is 12.1. The van der Waals surface area contributed by atoms with E-state index in [0.29, 0.717) is 17.1 Å². The maximum Gasteiger partial charge on any atom is 0.251 e. The summed E-state index contributed by atoms with van der Waals surface area (Å²) in [4.78, 5) is 12.5. The summed E-state index contributed by atoms with van der Waals surface area (Å²) < 4.78 is 0.897. The average molecular weight is 363 g/mol. The Hall–Kier alpha value is -1.72. The molecule has 0 atom stereocenters. The van der Waals surface area contributed by atoms with Crippen molar-refractivity contribution in [2.45, 2.75) is 13.5 Å². The SMILES string of the molecule is Cc1cc(Br)cc(C(=O)NCc2ccc(C(N)=S)cc2)c1. The summed E-state index contributed by atoms with van der Waals surface area (Å²) in [5, 5.41) is 2.89. The molecule has 108 valence electrons. The van der Waals surface area contributed by atoms with E-state index in [2.05, 4.69) is 21.2 Å². The van der Waals surface area contributed by atoms with Gasteiger partial charge in [0, 0.05) is 22.1 Å². The molecular formula is C16H15BrN2OS. The summed E-state index contributed by atoms with van der Waals surface area (Å²) in [6, 6.07) is 13.1. The molecular weight excluding hydrogens is 348 g/mol. The van der Waals surface area contributed by atoms with Gasteiger partial charge in [0.15, 0.2) is 0 Å². The summed E-state index contributed by atoms with van der Waals surface area (Å²) in [7, 11) is 0. The zero-order valence-electron chi connectivity index (χ0n) is 11.5. The number of carbonyl (C=O) groups is 1. The predicted octanol–water partition coefficient (Wildman–Crippen LogP) is 3.32. The number of aryl methyl sites for hydroxylation is 1. The molecule has 3 nitrogen and oxygen atoms in total. The molecule has 5 heteroatoms. The van der Waals surface area contributed by atoms with E-state index in [-0.39, 0.29) is 5.91 Å². The molecule has 0 saturated heterocycles. The second-order valence-electron chi connectivity index (χ2n) is 4.76. The number of hydrogen-bond acceptors (Lipinski definition) is 2. The zero-order valence-corrected chi connectivity index (χ0v) is 13.9. The minimum atomic E-state index is -0.0992. The van der Waals surface area contributed by atoms with Gasteiger partial charge in [0.25, 0.3) is 5.91 Å². The van der Waals surface area contributed by atoms with Crippen LogP contribution in [0.25, 0.3) is 0 Å². The topological polar surface area (TPSA) is 55.1 Å². The third-order valence-corrected chi connectivity index (χ3v) is 3.69. The van der Waals surface area contributed by atoms with Gasteiger partial charge in [-0.15, -0.1) is 0 Å². The fourth-order valence-corrected chi connectivity index (χ4v) is 2.68.